The van der Waals surface area contributed by atoms with E-state index in [0.717, 1.165) is 13.0 Å². The van der Waals surface area contributed by atoms with Crippen molar-refractivity contribution >= 4 is 49.9 Å². The Morgan fingerprint density at radius 2 is 1.77 bits per heavy atom. The van der Waals surface area contributed by atoms with Gasteiger partial charge in [-0.05, 0) is 48.5 Å². The van der Waals surface area contributed by atoms with Crippen LogP contribution in [0.4, 0.5) is 25.0 Å². The largest absolute Gasteiger partial charge is 0.382 e. The number of urea groups is 1. The summed E-state index contributed by atoms with van der Waals surface area (Å²) in [5.41, 5.74) is 1.31. The van der Waals surface area contributed by atoms with E-state index in [2.05, 4.69) is 20.3 Å². The average molecular weight is 594 g/mol. The zero-order valence-corrected chi connectivity index (χ0v) is 23.0. The number of rotatable bonds is 11. The molecule has 4 rings (SSSR count). The molecule has 0 saturated heterocycles. The number of benzene rings is 2. The molecule has 0 spiro atoms. The first-order valence-electron chi connectivity index (χ1n) is 11.9. The zero-order chi connectivity index (χ0) is 28.9. The highest BCUT2D eigenvalue weighted by Gasteiger charge is 2.27. The number of methoxy groups -OCH3 is 1. The van der Waals surface area contributed by atoms with Crippen LogP contribution in [0.3, 0.4) is 0 Å². The molecule has 0 bridgehead atoms. The van der Waals surface area contributed by atoms with E-state index < -0.39 is 27.5 Å². The van der Waals surface area contributed by atoms with Crippen molar-refractivity contribution in [3.8, 4) is 5.69 Å². The number of hydrogen-bond acceptors (Lipinski definition) is 6. The van der Waals surface area contributed by atoms with Crippen LogP contribution in [0.5, 0.6) is 0 Å². The molecule has 10 nitrogen and oxygen atoms in total. The normalized spacial score (nSPS) is 12.0. The molecule has 0 atom stereocenters. The Hall–Kier alpha value is -3.62. The maximum absolute atomic E-state index is 13.8. The molecule has 2 amide bonds. The number of fused-ring (bicyclic) bond motifs is 1. The van der Waals surface area contributed by atoms with Gasteiger partial charge in [0.05, 0.1) is 24.9 Å². The van der Waals surface area contributed by atoms with E-state index in [-0.39, 0.29) is 28.9 Å². The summed E-state index contributed by atoms with van der Waals surface area (Å²) in [6, 6.07) is 11.3. The number of ether oxygens (including phenoxy) is 2. The summed E-state index contributed by atoms with van der Waals surface area (Å²) in [6.45, 7) is 1.07. The van der Waals surface area contributed by atoms with Crippen LogP contribution in [0.2, 0.25) is 5.02 Å². The number of amides is 2. The number of nitrogens with zero attached hydrogens (tertiary/aromatic N) is 2. The van der Waals surface area contributed by atoms with Gasteiger partial charge < -0.3 is 24.7 Å². The molecule has 0 aliphatic rings. The molecule has 212 valence electrons. The van der Waals surface area contributed by atoms with Crippen molar-refractivity contribution in [3.63, 3.8) is 0 Å². The van der Waals surface area contributed by atoms with E-state index in [1.54, 1.807) is 41.1 Å². The maximum atomic E-state index is 13.8. The molecule has 0 radical (unpaired) electrons. The first kappa shape index (κ1) is 29.4. The summed E-state index contributed by atoms with van der Waals surface area (Å²) in [6.07, 6.45) is 4.52. The molecule has 0 unspecified atom stereocenters. The monoisotopic (exact) mass is 593 g/mol. The zero-order valence-electron chi connectivity index (χ0n) is 21.4. The minimum absolute atomic E-state index is 0.0433. The van der Waals surface area contributed by atoms with E-state index in [0.29, 0.717) is 28.9 Å². The number of halogens is 3. The number of carbonyl (C=O) groups excluding carboxylic acids is 1. The lowest BCUT2D eigenvalue weighted by molar-refractivity contribution is 0.0176. The standard InChI is InChI=1S/C26H26ClF2N5O5S/c1-26(28,29)21-13-18(5-8-22(21)27)33-25(35)32-17-3-6-19(7-4-17)34-15-24(20-9-10-30-14-23(20)34)40(36,37)31-16-39-12-11-38-2/h3-10,13-15,31H,11-12,16H2,1-2H3,(H2,32,33,35). The van der Waals surface area contributed by atoms with Gasteiger partial charge in [0.1, 0.15) is 11.6 Å². The molecule has 0 aliphatic carbocycles. The molecule has 14 heteroatoms. The highest BCUT2D eigenvalue weighted by molar-refractivity contribution is 7.89. The molecule has 2 heterocycles. The van der Waals surface area contributed by atoms with Crippen molar-refractivity contribution in [1.29, 1.82) is 0 Å². The van der Waals surface area contributed by atoms with Gasteiger partial charge in [0.25, 0.3) is 5.92 Å². The summed E-state index contributed by atoms with van der Waals surface area (Å²) in [5.74, 6) is -3.17. The number of alkyl halides is 2. The van der Waals surface area contributed by atoms with Crippen molar-refractivity contribution in [3.05, 3.63) is 77.7 Å². The Bertz CT molecular complexity index is 1610. The third-order valence-electron chi connectivity index (χ3n) is 5.74. The highest BCUT2D eigenvalue weighted by atomic mass is 35.5. The van der Waals surface area contributed by atoms with Crippen LogP contribution in [0, 0.1) is 0 Å². The van der Waals surface area contributed by atoms with E-state index in [1.807, 2.05) is 0 Å². The number of nitrogens with one attached hydrogen (secondary N) is 3. The fourth-order valence-corrected chi connectivity index (χ4v) is 5.20. The van der Waals surface area contributed by atoms with Crippen molar-refractivity contribution in [2.24, 2.45) is 0 Å². The smallest absolute Gasteiger partial charge is 0.323 e. The van der Waals surface area contributed by atoms with Crippen LogP contribution < -0.4 is 15.4 Å². The third kappa shape index (κ3) is 6.92. The Kier molecular flexibility index (Phi) is 9.01. The molecule has 2 aromatic carbocycles. The van der Waals surface area contributed by atoms with Crippen LogP contribution in [-0.4, -0.2) is 51.1 Å². The highest BCUT2D eigenvalue weighted by Crippen LogP contribution is 2.34. The first-order chi connectivity index (χ1) is 19.0. The van der Waals surface area contributed by atoms with Gasteiger partial charge in [-0.2, -0.15) is 4.72 Å². The second-order valence-electron chi connectivity index (χ2n) is 8.66. The van der Waals surface area contributed by atoms with E-state index in [4.69, 9.17) is 21.1 Å². The molecule has 0 fully saturated rings. The molecule has 2 aromatic heterocycles. The summed E-state index contributed by atoms with van der Waals surface area (Å²) in [7, 11) is -2.40. The summed E-state index contributed by atoms with van der Waals surface area (Å²) in [5, 5.41) is 5.48. The Morgan fingerprint density at radius 3 is 2.48 bits per heavy atom. The SMILES string of the molecule is COCCOCNS(=O)(=O)c1cn(-c2ccc(NC(=O)Nc3ccc(Cl)c(C(C)(F)F)c3)cc2)c2cnccc12. The van der Waals surface area contributed by atoms with Crippen molar-refractivity contribution in [2.75, 3.05) is 37.7 Å². The lowest BCUT2D eigenvalue weighted by Crippen LogP contribution is -2.27. The van der Waals surface area contributed by atoms with Gasteiger partial charge in [-0.3, -0.25) is 4.98 Å². The quantitative estimate of drug-likeness (QED) is 0.159. The predicted molar refractivity (Wildman–Crippen MR) is 148 cm³/mol. The number of anilines is 2. The third-order valence-corrected chi connectivity index (χ3v) is 7.48. The Labute approximate surface area is 234 Å². The molecule has 3 N–H and O–H groups in total. The van der Waals surface area contributed by atoms with Gasteiger partial charge in [-0.15, -0.1) is 0 Å². The van der Waals surface area contributed by atoms with Gasteiger partial charge in [-0.1, -0.05) is 11.6 Å². The first-order valence-corrected chi connectivity index (χ1v) is 13.7. The Balaban J connectivity index is 1.50. The van der Waals surface area contributed by atoms with E-state index in [9.17, 15) is 22.0 Å². The lowest BCUT2D eigenvalue weighted by Gasteiger charge is -2.15. The molecular formula is C26H26ClF2N5O5S. The minimum Gasteiger partial charge on any atom is -0.382 e. The number of carbonyl (C=O) groups is 1. The number of sulfonamides is 1. The van der Waals surface area contributed by atoms with Crippen molar-refractivity contribution < 1.29 is 31.5 Å². The summed E-state index contributed by atoms with van der Waals surface area (Å²) in [4.78, 5) is 16.6. The molecule has 40 heavy (non-hydrogen) atoms. The minimum atomic E-state index is -3.92. The number of hydrogen-bond donors (Lipinski definition) is 3. The molecular weight excluding hydrogens is 568 g/mol. The van der Waals surface area contributed by atoms with E-state index in [1.165, 1.54) is 31.6 Å². The number of aromatic nitrogens is 2. The van der Waals surface area contributed by atoms with Gasteiger partial charge in [-0.25, -0.2) is 22.0 Å². The lowest BCUT2D eigenvalue weighted by atomic mass is 10.1. The van der Waals surface area contributed by atoms with Gasteiger partial charge in [0.2, 0.25) is 10.0 Å². The average Bonchev–Trinajstić information content (AvgIpc) is 3.30. The predicted octanol–water partition coefficient (Wildman–Crippen LogP) is 5.33. The van der Waals surface area contributed by atoms with Crippen molar-refractivity contribution in [2.45, 2.75) is 17.7 Å². The van der Waals surface area contributed by atoms with Crippen molar-refractivity contribution in [1.82, 2.24) is 14.3 Å². The van der Waals surface area contributed by atoms with Crippen LogP contribution in [-0.2, 0) is 25.4 Å². The molecule has 4 aromatic rings. The second kappa shape index (κ2) is 12.3. The van der Waals surface area contributed by atoms with E-state index >= 15 is 0 Å². The summed E-state index contributed by atoms with van der Waals surface area (Å²) < 4.78 is 67.7. The number of pyridine rings is 1. The fourth-order valence-electron chi connectivity index (χ4n) is 3.82. The van der Waals surface area contributed by atoms with Crippen LogP contribution in [0.1, 0.15) is 12.5 Å². The topological polar surface area (TPSA) is 124 Å². The van der Waals surface area contributed by atoms with Crippen LogP contribution in [0.15, 0.2) is 72.0 Å². The fraction of sp³-hybridized carbons (Fsp3) is 0.231. The molecule has 0 saturated carbocycles. The van der Waals surface area contributed by atoms with Gasteiger partial charge in [0, 0.05) is 59.5 Å². The van der Waals surface area contributed by atoms with Crippen LogP contribution in [0.25, 0.3) is 16.6 Å². The Morgan fingerprint density at radius 1 is 1.07 bits per heavy atom. The van der Waals surface area contributed by atoms with Gasteiger partial charge in [0.15, 0.2) is 0 Å². The van der Waals surface area contributed by atoms with Gasteiger partial charge >= 0.3 is 6.03 Å². The maximum Gasteiger partial charge on any atom is 0.323 e. The molecule has 0 aliphatic heterocycles. The van der Waals surface area contributed by atoms with Crippen LogP contribution >= 0.6 is 11.6 Å². The summed E-state index contributed by atoms with van der Waals surface area (Å²) >= 11 is 5.85. The second-order valence-corrected chi connectivity index (χ2v) is 10.8.